The Morgan fingerprint density at radius 2 is 1.32 bits per heavy atom. The first-order valence-electron chi connectivity index (χ1n) is 8.67. The third-order valence-corrected chi connectivity index (χ3v) is 5.01. The van der Waals surface area contributed by atoms with Crippen LogP contribution in [-0.4, -0.2) is 5.71 Å². The molecular weight excluding hydrogens is 304 g/mol. The second kappa shape index (κ2) is 5.75. The van der Waals surface area contributed by atoms with Crippen LogP contribution in [0.5, 0.6) is 0 Å². The molecule has 1 aliphatic heterocycles. The molecule has 2 nitrogen and oxygen atoms in total. The molecule has 4 aromatic rings. The summed E-state index contributed by atoms with van der Waals surface area (Å²) in [6, 6.07) is 30.4. The highest BCUT2D eigenvalue weighted by molar-refractivity contribution is 6.04. The molecule has 0 aliphatic carbocycles. The van der Waals surface area contributed by atoms with Crippen molar-refractivity contribution < 1.29 is 0 Å². The number of fused-ring (bicyclic) bond motifs is 2. The van der Waals surface area contributed by atoms with Crippen LogP contribution in [0.3, 0.4) is 0 Å². The first kappa shape index (κ1) is 14.2. The van der Waals surface area contributed by atoms with Gasteiger partial charge in [0.15, 0.2) is 0 Å². The van der Waals surface area contributed by atoms with E-state index in [1.54, 1.807) is 0 Å². The summed E-state index contributed by atoms with van der Waals surface area (Å²) < 4.78 is 0. The average Bonchev–Trinajstić information content (AvgIpc) is 3.17. The third kappa shape index (κ3) is 2.56. The van der Waals surface area contributed by atoms with Crippen molar-refractivity contribution in [1.29, 1.82) is 0 Å². The van der Waals surface area contributed by atoms with Crippen molar-refractivity contribution in [3.8, 4) is 0 Å². The molecule has 120 valence electrons. The van der Waals surface area contributed by atoms with Crippen molar-refractivity contribution in [3.63, 3.8) is 0 Å². The zero-order valence-electron chi connectivity index (χ0n) is 13.8. The lowest BCUT2D eigenvalue weighted by Crippen LogP contribution is -2.09. The maximum atomic E-state index is 4.62. The smallest absolute Gasteiger partial charge is 0.0746 e. The van der Waals surface area contributed by atoms with Crippen molar-refractivity contribution >= 4 is 27.3 Å². The van der Waals surface area contributed by atoms with Crippen LogP contribution in [0.25, 0.3) is 21.5 Å². The molecule has 4 aromatic carbocycles. The van der Waals surface area contributed by atoms with Crippen LogP contribution < -0.4 is 5.43 Å². The minimum Gasteiger partial charge on any atom is -0.302 e. The van der Waals surface area contributed by atoms with E-state index in [0.29, 0.717) is 0 Å². The number of nitrogens with one attached hydrogen (secondary N) is 1. The Morgan fingerprint density at radius 3 is 2.08 bits per heavy atom. The van der Waals surface area contributed by atoms with Gasteiger partial charge in [0.25, 0.3) is 0 Å². The van der Waals surface area contributed by atoms with Gasteiger partial charge in [0.1, 0.15) is 0 Å². The summed E-state index contributed by atoms with van der Waals surface area (Å²) in [5.74, 6) is 0. The van der Waals surface area contributed by atoms with Crippen molar-refractivity contribution in [2.24, 2.45) is 5.10 Å². The minimum absolute atomic E-state index is 0.242. The Hall–Kier alpha value is -3.13. The Bertz CT molecular complexity index is 1110. The van der Waals surface area contributed by atoms with Gasteiger partial charge in [-0.3, -0.25) is 0 Å². The van der Waals surface area contributed by atoms with Gasteiger partial charge in [-0.15, -0.1) is 0 Å². The Labute approximate surface area is 146 Å². The zero-order chi connectivity index (χ0) is 16.6. The molecule has 0 fully saturated rings. The van der Waals surface area contributed by atoms with Gasteiger partial charge in [-0.05, 0) is 44.8 Å². The van der Waals surface area contributed by atoms with Crippen LogP contribution >= 0.6 is 0 Å². The first-order chi connectivity index (χ1) is 12.4. The van der Waals surface area contributed by atoms with Crippen molar-refractivity contribution in [1.82, 2.24) is 5.43 Å². The van der Waals surface area contributed by atoms with Crippen LogP contribution in [0, 0.1) is 0 Å². The molecule has 0 amide bonds. The maximum absolute atomic E-state index is 4.62. The first-order valence-corrected chi connectivity index (χ1v) is 8.67. The fourth-order valence-corrected chi connectivity index (χ4v) is 3.61. The van der Waals surface area contributed by atoms with Crippen LogP contribution in [0.15, 0.2) is 90.0 Å². The van der Waals surface area contributed by atoms with E-state index in [2.05, 4.69) is 95.5 Å². The molecule has 0 bridgehead atoms. The summed E-state index contributed by atoms with van der Waals surface area (Å²) in [5, 5.41) is 9.70. The fraction of sp³-hybridized carbons (Fsp3) is 0.0870. The number of hydrogen-bond donors (Lipinski definition) is 1. The molecule has 0 saturated heterocycles. The molecule has 1 unspecified atom stereocenters. The van der Waals surface area contributed by atoms with Gasteiger partial charge in [-0.25, -0.2) is 0 Å². The van der Waals surface area contributed by atoms with Gasteiger partial charge in [0.2, 0.25) is 0 Å². The number of benzene rings is 4. The summed E-state index contributed by atoms with van der Waals surface area (Å²) in [5.41, 5.74) is 6.94. The van der Waals surface area contributed by atoms with Gasteiger partial charge >= 0.3 is 0 Å². The van der Waals surface area contributed by atoms with Gasteiger partial charge < -0.3 is 5.43 Å². The summed E-state index contributed by atoms with van der Waals surface area (Å²) in [6.45, 7) is 0. The Kier molecular flexibility index (Phi) is 3.27. The molecule has 1 atom stereocenters. The summed E-state index contributed by atoms with van der Waals surface area (Å²) in [7, 11) is 0. The monoisotopic (exact) mass is 322 g/mol. The van der Waals surface area contributed by atoms with Gasteiger partial charge in [0.05, 0.1) is 11.8 Å². The second-order valence-electron chi connectivity index (χ2n) is 6.61. The molecule has 2 heteroatoms. The van der Waals surface area contributed by atoms with Crippen LogP contribution in [0.4, 0.5) is 0 Å². The lowest BCUT2D eigenvalue weighted by molar-refractivity contribution is 0.621. The van der Waals surface area contributed by atoms with Gasteiger partial charge in [0, 0.05) is 6.42 Å². The average molecular weight is 322 g/mol. The van der Waals surface area contributed by atoms with Crippen LogP contribution in [-0.2, 0) is 0 Å². The zero-order valence-corrected chi connectivity index (χ0v) is 13.8. The number of rotatable bonds is 2. The number of hydrogen-bond acceptors (Lipinski definition) is 2. The van der Waals surface area contributed by atoms with E-state index < -0.39 is 0 Å². The molecule has 0 radical (unpaired) electrons. The van der Waals surface area contributed by atoms with Crippen molar-refractivity contribution in [2.45, 2.75) is 12.5 Å². The normalized spacial score (nSPS) is 16.8. The Morgan fingerprint density at radius 1 is 0.680 bits per heavy atom. The lowest BCUT2D eigenvalue weighted by Gasteiger charge is -2.11. The van der Waals surface area contributed by atoms with E-state index >= 15 is 0 Å². The molecule has 1 N–H and O–H groups in total. The van der Waals surface area contributed by atoms with Crippen LogP contribution in [0.1, 0.15) is 23.6 Å². The molecule has 0 aromatic heterocycles. The van der Waals surface area contributed by atoms with Gasteiger partial charge in [-0.1, -0.05) is 72.8 Å². The minimum atomic E-state index is 0.242. The van der Waals surface area contributed by atoms with E-state index in [1.807, 2.05) is 0 Å². The maximum Gasteiger partial charge on any atom is 0.0746 e. The summed E-state index contributed by atoms with van der Waals surface area (Å²) in [4.78, 5) is 0. The van der Waals surface area contributed by atoms with E-state index in [1.165, 1.54) is 32.7 Å². The van der Waals surface area contributed by atoms with Gasteiger partial charge in [-0.2, -0.15) is 5.10 Å². The predicted octanol–water partition coefficient (Wildman–Crippen LogP) is 5.43. The molecule has 1 heterocycles. The number of nitrogens with zero attached hydrogens (tertiary/aromatic N) is 1. The van der Waals surface area contributed by atoms with E-state index in [-0.39, 0.29) is 6.04 Å². The largest absolute Gasteiger partial charge is 0.302 e. The topological polar surface area (TPSA) is 24.4 Å². The van der Waals surface area contributed by atoms with E-state index in [4.69, 9.17) is 0 Å². The van der Waals surface area contributed by atoms with E-state index in [9.17, 15) is 0 Å². The highest BCUT2D eigenvalue weighted by atomic mass is 15.3. The highest BCUT2D eigenvalue weighted by Gasteiger charge is 2.21. The van der Waals surface area contributed by atoms with Crippen LogP contribution in [0.2, 0.25) is 0 Å². The van der Waals surface area contributed by atoms with Crippen molar-refractivity contribution in [3.05, 3.63) is 96.1 Å². The highest BCUT2D eigenvalue weighted by Crippen LogP contribution is 2.28. The summed E-state index contributed by atoms with van der Waals surface area (Å²) in [6.07, 6.45) is 0.913. The SMILES string of the molecule is c1ccc2cc(C3=NNC(c4ccc5ccccc5c4)C3)ccc2c1. The molecule has 0 spiro atoms. The van der Waals surface area contributed by atoms with E-state index in [0.717, 1.165) is 12.1 Å². The predicted molar refractivity (Wildman–Crippen MR) is 105 cm³/mol. The Balaban J connectivity index is 1.44. The number of hydrazone groups is 1. The molecule has 1 aliphatic rings. The van der Waals surface area contributed by atoms with Crippen molar-refractivity contribution in [2.75, 3.05) is 0 Å². The summed E-state index contributed by atoms with van der Waals surface area (Å²) >= 11 is 0. The molecule has 5 rings (SSSR count). The molecule has 0 saturated carbocycles. The second-order valence-corrected chi connectivity index (χ2v) is 6.61. The standard InChI is InChI=1S/C23H18N2/c1-3-7-18-13-20(11-9-16(18)5-1)22-15-23(25-24-22)21-12-10-17-6-2-4-8-19(17)14-21/h1-14,22,24H,15H2. The lowest BCUT2D eigenvalue weighted by atomic mass is 9.96. The molecular formula is C23H18N2. The molecule has 25 heavy (non-hydrogen) atoms. The quantitative estimate of drug-likeness (QED) is 0.523. The fourth-order valence-electron chi connectivity index (χ4n) is 3.61. The third-order valence-electron chi connectivity index (χ3n) is 5.01.